The normalized spacial score (nSPS) is 20.7. The van der Waals surface area contributed by atoms with Gasteiger partial charge < -0.3 is 0 Å². The second-order valence-electron chi connectivity index (χ2n) is 8.79. The van der Waals surface area contributed by atoms with Crippen LogP contribution in [0, 0.1) is 11.3 Å². The molecule has 0 saturated carbocycles. The van der Waals surface area contributed by atoms with Crippen molar-refractivity contribution >= 4 is 27.7 Å². The maximum atomic E-state index is 13.6. The second-order valence-corrected chi connectivity index (χ2v) is 11.0. The van der Waals surface area contributed by atoms with E-state index in [9.17, 15) is 23.3 Å². The third kappa shape index (κ3) is 4.16. The van der Waals surface area contributed by atoms with Gasteiger partial charge in [-0.05, 0) is 37.1 Å². The Kier molecular flexibility index (Phi) is 5.90. The standard InChI is InChI=1S/C27H22N4O4S/c1-18-23(26(32)31(27(33)24(18)15-28)22-12-13-36(34,35)17-22)14-20-16-30(21-10-6-3-7-11-21)29-25(20)19-8-4-2-5-9-19/h2-11,14,16,22H,12-13,17H2,1H3/b23-14-. The van der Waals surface area contributed by atoms with Crippen LogP contribution in [0.1, 0.15) is 18.9 Å². The molecule has 2 amide bonds. The Morgan fingerprint density at radius 3 is 2.31 bits per heavy atom. The number of para-hydroxylation sites is 1. The number of benzene rings is 2. The third-order valence-corrected chi connectivity index (χ3v) is 8.21. The molecule has 1 saturated heterocycles. The van der Waals surface area contributed by atoms with Gasteiger partial charge in [0.2, 0.25) is 0 Å². The van der Waals surface area contributed by atoms with E-state index in [4.69, 9.17) is 5.10 Å². The van der Waals surface area contributed by atoms with Crippen LogP contribution in [-0.2, 0) is 19.4 Å². The maximum Gasteiger partial charge on any atom is 0.271 e. The summed E-state index contributed by atoms with van der Waals surface area (Å²) >= 11 is 0. The van der Waals surface area contributed by atoms with E-state index in [1.807, 2.05) is 66.7 Å². The predicted octanol–water partition coefficient (Wildman–Crippen LogP) is 3.32. The van der Waals surface area contributed by atoms with Crippen LogP contribution in [0.2, 0.25) is 0 Å². The van der Waals surface area contributed by atoms with Crippen molar-refractivity contribution in [3.05, 3.63) is 89.1 Å². The summed E-state index contributed by atoms with van der Waals surface area (Å²) in [7, 11) is -3.35. The molecule has 1 atom stereocenters. The van der Waals surface area contributed by atoms with Crippen molar-refractivity contribution in [3.8, 4) is 23.0 Å². The maximum absolute atomic E-state index is 13.6. The minimum Gasteiger partial charge on any atom is -0.270 e. The fourth-order valence-electron chi connectivity index (χ4n) is 4.59. The molecule has 3 heterocycles. The summed E-state index contributed by atoms with van der Waals surface area (Å²) in [6, 6.07) is 20.1. The number of carbonyl (C=O) groups is 2. The SMILES string of the molecule is CC1=C(C#N)C(=O)N(C2CCS(=O)(=O)C2)C(=O)/C1=C\c1cn(-c2ccccc2)nc1-c1ccccc1. The quantitative estimate of drug-likeness (QED) is 0.403. The molecule has 180 valence electrons. The third-order valence-electron chi connectivity index (χ3n) is 6.46. The Morgan fingerprint density at radius 2 is 1.69 bits per heavy atom. The van der Waals surface area contributed by atoms with Crippen molar-refractivity contribution in [2.75, 3.05) is 11.5 Å². The molecule has 8 nitrogen and oxygen atoms in total. The first kappa shape index (κ1) is 23.5. The van der Waals surface area contributed by atoms with Crippen molar-refractivity contribution in [1.29, 1.82) is 5.26 Å². The largest absolute Gasteiger partial charge is 0.271 e. The van der Waals surface area contributed by atoms with Gasteiger partial charge in [0.15, 0.2) is 9.84 Å². The van der Waals surface area contributed by atoms with E-state index in [0.29, 0.717) is 11.3 Å². The highest BCUT2D eigenvalue weighted by Crippen LogP contribution is 2.33. The monoisotopic (exact) mass is 498 g/mol. The van der Waals surface area contributed by atoms with Crippen LogP contribution >= 0.6 is 0 Å². The number of hydrogen-bond donors (Lipinski definition) is 0. The Labute approximate surface area is 208 Å². The number of sulfone groups is 1. The molecule has 0 spiro atoms. The molecule has 2 aromatic carbocycles. The molecule has 1 fully saturated rings. The van der Waals surface area contributed by atoms with Gasteiger partial charge in [-0.15, -0.1) is 0 Å². The number of imide groups is 1. The van der Waals surface area contributed by atoms with Crippen LogP contribution in [0.25, 0.3) is 23.0 Å². The smallest absolute Gasteiger partial charge is 0.270 e. The van der Waals surface area contributed by atoms with Gasteiger partial charge in [-0.3, -0.25) is 14.5 Å². The van der Waals surface area contributed by atoms with Crippen molar-refractivity contribution in [2.24, 2.45) is 0 Å². The van der Waals surface area contributed by atoms with E-state index in [0.717, 1.165) is 16.2 Å². The molecule has 0 N–H and O–H groups in total. The van der Waals surface area contributed by atoms with Crippen LogP contribution in [0.4, 0.5) is 0 Å². The number of aromatic nitrogens is 2. The summed E-state index contributed by atoms with van der Waals surface area (Å²) in [4.78, 5) is 27.6. The Bertz CT molecular complexity index is 1580. The minimum atomic E-state index is -3.35. The molecule has 0 aliphatic carbocycles. The summed E-state index contributed by atoms with van der Waals surface area (Å²) in [5.41, 5.74) is 3.17. The number of carbonyl (C=O) groups excluding carboxylic acids is 2. The van der Waals surface area contributed by atoms with E-state index in [1.165, 1.54) is 0 Å². The van der Waals surface area contributed by atoms with Crippen molar-refractivity contribution in [1.82, 2.24) is 14.7 Å². The zero-order valence-electron chi connectivity index (χ0n) is 19.5. The highest BCUT2D eigenvalue weighted by Gasteiger charge is 2.43. The molecule has 0 bridgehead atoms. The zero-order chi connectivity index (χ0) is 25.4. The number of nitrogens with zero attached hydrogens (tertiary/aromatic N) is 4. The molecule has 36 heavy (non-hydrogen) atoms. The fourth-order valence-corrected chi connectivity index (χ4v) is 6.29. The van der Waals surface area contributed by atoms with Crippen LogP contribution in [-0.4, -0.2) is 52.5 Å². The first-order valence-electron chi connectivity index (χ1n) is 11.4. The number of hydrogen-bond acceptors (Lipinski definition) is 6. The van der Waals surface area contributed by atoms with Gasteiger partial charge >= 0.3 is 0 Å². The summed E-state index contributed by atoms with van der Waals surface area (Å²) in [5.74, 6) is -1.75. The van der Waals surface area contributed by atoms with Crippen molar-refractivity contribution in [2.45, 2.75) is 19.4 Å². The van der Waals surface area contributed by atoms with Crippen molar-refractivity contribution < 1.29 is 18.0 Å². The Hall–Kier alpha value is -4.29. The summed E-state index contributed by atoms with van der Waals surface area (Å²) in [6.45, 7) is 1.56. The molecular formula is C27H22N4O4S. The molecule has 2 aliphatic heterocycles. The average Bonchev–Trinajstić information content (AvgIpc) is 3.46. The molecule has 0 radical (unpaired) electrons. The Morgan fingerprint density at radius 1 is 1.03 bits per heavy atom. The molecule has 1 aromatic heterocycles. The lowest BCUT2D eigenvalue weighted by Crippen LogP contribution is -2.49. The first-order chi connectivity index (χ1) is 17.3. The number of rotatable bonds is 4. The molecule has 2 aliphatic rings. The average molecular weight is 499 g/mol. The lowest BCUT2D eigenvalue weighted by Gasteiger charge is -2.31. The zero-order valence-corrected chi connectivity index (χ0v) is 20.3. The van der Waals surface area contributed by atoms with E-state index >= 15 is 0 Å². The number of amides is 2. The summed E-state index contributed by atoms with van der Waals surface area (Å²) < 4.78 is 25.9. The first-order valence-corrected chi connectivity index (χ1v) is 13.2. The lowest BCUT2D eigenvalue weighted by molar-refractivity contribution is -0.142. The number of nitriles is 1. The van der Waals surface area contributed by atoms with Crippen molar-refractivity contribution in [3.63, 3.8) is 0 Å². The summed E-state index contributed by atoms with van der Waals surface area (Å²) in [5, 5.41) is 14.5. The molecule has 5 rings (SSSR count). The Balaban J connectivity index is 1.67. The second kappa shape index (κ2) is 9.06. The van der Waals surface area contributed by atoms with Crippen LogP contribution in [0.15, 0.2) is 83.6 Å². The highest BCUT2D eigenvalue weighted by atomic mass is 32.2. The fraction of sp³-hybridized carbons (Fsp3) is 0.185. The van der Waals surface area contributed by atoms with Gasteiger partial charge in [-0.25, -0.2) is 13.1 Å². The summed E-state index contributed by atoms with van der Waals surface area (Å²) in [6.07, 6.45) is 3.58. The lowest BCUT2D eigenvalue weighted by atomic mass is 9.92. The van der Waals surface area contributed by atoms with Crippen LogP contribution < -0.4 is 0 Å². The van der Waals surface area contributed by atoms with E-state index in [1.54, 1.807) is 23.9 Å². The topological polar surface area (TPSA) is 113 Å². The van der Waals surface area contributed by atoms with E-state index < -0.39 is 27.7 Å². The molecule has 1 unspecified atom stereocenters. The molecule has 9 heteroatoms. The van der Waals surface area contributed by atoms with Crippen LogP contribution in [0.3, 0.4) is 0 Å². The van der Waals surface area contributed by atoms with E-state index in [-0.39, 0.29) is 34.6 Å². The van der Waals surface area contributed by atoms with E-state index in [2.05, 4.69) is 0 Å². The minimum absolute atomic E-state index is 0.0969. The van der Waals surface area contributed by atoms with Gasteiger partial charge in [0.25, 0.3) is 11.8 Å². The predicted molar refractivity (Wildman–Crippen MR) is 134 cm³/mol. The van der Waals surface area contributed by atoms with Gasteiger partial charge in [-0.2, -0.15) is 10.4 Å². The van der Waals surface area contributed by atoms with Crippen LogP contribution in [0.5, 0.6) is 0 Å². The van der Waals surface area contributed by atoms with Gasteiger partial charge in [0.05, 0.1) is 28.9 Å². The highest BCUT2D eigenvalue weighted by molar-refractivity contribution is 7.91. The molecule has 3 aromatic rings. The van der Waals surface area contributed by atoms with Gasteiger partial charge in [-0.1, -0.05) is 48.5 Å². The van der Waals surface area contributed by atoms with Gasteiger partial charge in [0, 0.05) is 22.9 Å². The van der Waals surface area contributed by atoms with Gasteiger partial charge in [0.1, 0.15) is 11.6 Å². The molecular weight excluding hydrogens is 476 g/mol.